The minimum absolute atomic E-state index is 0.206. The number of fused-ring (bicyclic) bond motifs is 4. The van der Waals surface area contributed by atoms with Crippen LogP contribution in [0.2, 0.25) is 0 Å². The summed E-state index contributed by atoms with van der Waals surface area (Å²) in [5.74, 6) is 1.38. The monoisotopic (exact) mass is 506 g/mol. The first-order valence-corrected chi connectivity index (χ1v) is 14.0. The summed E-state index contributed by atoms with van der Waals surface area (Å²) in [6.07, 6.45) is 10.5. The van der Waals surface area contributed by atoms with E-state index in [4.69, 9.17) is 5.73 Å². The third-order valence-electron chi connectivity index (χ3n) is 8.48. The Morgan fingerprint density at radius 1 is 0.789 bits per heavy atom. The Labute approximate surface area is 223 Å². The van der Waals surface area contributed by atoms with Gasteiger partial charge in [-0.3, -0.25) is 0 Å². The van der Waals surface area contributed by atoms with Gasteiger partial charge in [0.15, 0.2) is 5.82 Å². The quantitative estimate of drug-likeness (QED) is 0.381. The van der Waals surface area contributed by atoms with Gasteiger partial charge in [-0.15, -0.1) is 15.3 Å². The highest BCUT2D eigenvalue weighted by molar-refractivity contribution is 5.68. The van der Waals surface area contributed by atoms with E-state index in [9.17, 15) is 0 Å². The molecule has 1 atom stereocenters. The van der Waals surface area contributed by atoms with E-state index in [0.717, 1.165) is 43.5 Å². The van der Waals surface area contributed by atoms with Crippen molar-refractivity contribution >= 4 is 17.6 Å². The molecule has 0 saturated carbocycles. The maximum absolute atomic E-state index is 6.07. The van der Waals surface area contributed by atoms with Gasteiger partial charge in [0.05, 0.1) is 5.69 Å². The van der Waals surface area contributed by atoms with Crippen molar-refractivity contribution < 1.29 is 0 Å². The number of benzene rings is 2. The largest absolute Gasteiger partial charge is 0.366 e. The number of nitrogens with zero attached hydrogens (tertiary/aromatic N) is 6. The Morgan fingerprint density at radius 3 is 2.50 bits per heavy atom. The maximum Gasteiger partial charge on any atom is 0.241 e. The van der Waals surface area contributed by atoms with Crippen LogP contribution in [0.15, 0.2) is 48.5 Å². The number of aromatic nitrogens is 5. The fraction of sp³-hybridized carbons (Fsp3) is 0.400. The molecule has 1 saturated heterocycles. The molecule has 3 aliphatic rings. The van der Waals surface area contributed by atoms with Crippen LogP contribution in [-0.4, -0.2) is 49.0 Å². The summed E-state index contributed by atoms with van der Waals surface area (Å²) in [5, 5.41) is 17.1. The molecule has 1 aliphatic heterocycles. The SMILES string of the molecule is Nc1nc(Nc2ccc3c(c2)CCC(N2CCCC2)CC3)n(-c2cc3c(nn2)-c2ccccc2CCC3)n1. The third-order valence-corrected chi connectivity index (χ3v) is 8.48. The first-order valence-electron chi connectivity index (χ1n) is 14.0. The molecular weight excluding hydrogens is 472 g/mol. The van der Waals surface area contributed by atoms with Crippen molar-refractivity contribution in [1.29, 1.82) is 0 Å². The van der Waals surface area contributed by atoms with Gasteiger partial charge >= 0.3 is 0 Å². The van der Waals surface area contributed by atoms with E-state index in [0.29, 0.717) is 17.8 Å². The highest BCUT2D eigenvalue weighted by Gasteiger charge is 2.25. The van der Waals surface area contributed by atoms with E-state index in [-0.39, 0.29) is 5.95 Å². The van der Waals surface area contributed by atoms with Crippen LogP contribution < -0.4 is 11.1 Å². The van der Waals surface area contributed by atoms with E-state index < -0.39 is 0 Å². The van der Waals surface area contributed by atoms with Crippen LogP contribution in [-0.2, 0) is 25.7 Å². The van der Waals surface area contributed by atoms with Gasteiger partial charge in [-0.1, -0.05) is 30.3 Å². The van der Waals surface area contributed by atoms with Gasteiger partial charge in [-0.25, -0.2) is 0 Å². The molecule has 2 aromatic heterocycles. The molecule has 0 spiro atoms. The Bertz CT molecular complexity index is 1470. The number of nitrogens with one attached hydrogen (secondary N) is 1. The molecule has 7 rings (SSSR count). The number of anilines is 3. The average molecular weight is 507 g/mol. The maximum atomic E-state index is 6.07. The van der Waals surface area contributed by atoms with E-state index >= 15 is 0 Å². The highest BCUT2D eigenvalue weighted by Crippen LogP contribution is 2.32. The minimum Gasteiger partial charge on any atom is -0.366 e. The third kappa shape index (κ3) is 4.43. The van der Waals surface area contributed by atoms with E-state index in [1.165, 1.54) is 66.6 Å². The zero-order valence-corrected chi connectivity index (χ0v) is 21.7. The van der Waals surface area contributed by atoms with Crippen LogP contribution in [0.1, 0.15) is 54.4 Å². The lowest BCUT2D eigenvalue weighted by Crippen LogP contribution is -2.32. The molecule has 0 bridgehead atoms. The lowest BCUT2D eigenvalue weighted by molar-refractivity contribution is 0.222. The predicted molar refractivity (Wildman–Crippen MR) is 150 cm³/mol. The van der Waals surface area contributed by atoms with Crippen LogP contribution in [0.4, 0.5) is 17.6 Å². The molecule has 1 fully saturated rings. The Kier molecular flexibility index (Phi) is 6.04. The summed E-state index contributed by atoms with van der Waals surface area (Å²) < 4.78 is 1.68. The molecule has 2 aromatic carbocycles. The molecular formula is C30H34N8. The first kappa shape index (κ1) is 23.3. The number of hydrogen-bond donors (Lipinski definition) is 2. The topological polar surface area (TPSA) is 97.8 Å². The van der Waals surface area contributed by atoms with E-state index in [1.54, 1.807) is 4.68 Å². The van der Waals surface area contributed by atoms with Crippen LogP contribution >= 0.6 is 0 Å². The highest BCUT2D eigenvalue weighted by atomic mass is 15.5. The number of hydrogen-bond acceptors (Lipinski definition) is 7. The van der Waals surface area contributed by atoms with Gasteiger partial charge in [0.1, 0.15) is 0 Å². The Morgan fingerprint density at radius 2 is 1.61 bits per heavy atom. The lowest BCUT2D eigenvalue weighted by atomic mass is 10.0. The lowest BCUT2D eigenvalue weighted by Gasteiger charge is -2.25. The van der Waals surface area contributed by atoms with Crippen LogP contribution in [0, 0.1) is 0 Å². The smallest absolute Gasteiger partial charge is 0.241 e. The zero-order chi connectivity index (χ0) is 25.5. The Hall–Kier alpha value is -3.78. The van der Waals surface area contributed by atoms with Gasteiger partial charge < -0.3 is 16.0 Å². The molecule has 2 aliphatic carbocycles. The number of aryl methyl sites for hydroxylation is 4. The molecule has 1 unspecified atom stereocenters. The molecule has 194 valence electrons. The van der Waals surface area contributed by atoms with Crippen molar-refractivity contribution in [2.45, 2.75) is 63.8 Å². The molecule has 38 heavy (non-hydrogen) atoms. The Balaban J connectivity index is 1.15. The first-order chi connectivity index (χ1) is 18.7. The number of rotatable bonds is 4. The molecule has 8 heteroatoms. The zero-order valence-electron chi connectivity index (χ0n) is 21.7. The van der Waals surface area contributed by atoms with E-state index in [2.05, 4.69) is 79.0 Å². The fourth-order valence-electron chi connectivity index (χ4n) is 6.52. The second kappa shape index (κ2) is 9.83. The molecule has 3 N–H and O–H groups in total. The summed E-state index contributed by atoms with van der Waals surface area (Å²) in [5.41, 5.74) is 14.6. The number of nitrogen functional groups attached to an aromatic ring is 1. The van der Waals surface area contributed by atoms with Crippen molar-refractivity contribution in [2.75, 3.05) is 24.1 Å². The van der Waals surface area contributed by atoms with Crippen molar-refractivity contribution in [3.63, 3.8) is 0 Å². The van der Waals surface area contributed by atoms with Crippen LogP contribution in [0.25, 0.3) is 17.1 Å². The van der Waals surface area contributed by atoms with E-state index in [1.807, 2.05) is 0 Å². The second-order valence-electron chi connectivity index (χ2n) is 10.9. The molecule has 0 radical (unpaired) electrons. The van der Waals surface area contributed by atoms with Crippen molar-refractivity contribution in [1.82, 2.24) is 29.9 Å². The standard InChI is InChI=1S/C30H34N8/c31-29-33-30(32-24-13-10-20-11-14-25(15-12-22(20)18-24)37-16-3-4-17-37)38(36-29)27-19-23-8-5-7-21-6-1-2-9-26(21)28(23)35-34-27/h1-2,6,9-10,13,18-19,25H,3-5,7-8,11-12,14-17H2,(H3,31,32,33,36). The van der Waals surface area contributed by atoms with Gasteiger partial charge in [0.2, 0.25) is 11.9 Å². The summed E-state index contributed by atoms with van der Waals surface area (Å²) in [6, 6.07) is 18.0. The number of likely N-dealkylation sites (tertiary alicyclic amines) is 1. The number of nitrogens with two attached hydrogens (primary N) is 1. The van der Waals surface area contributed by atoms with Gasteiger partial charge in [0, 0.05) is 17.3 Å². The summed E-state index contributed by atoms with van der Waals surface area (Å²) in [7, 11) is 0. The minimum atomic E-state index is 0.206. The predicted octanol–water partition coefficient (Wildman–Crippen LogP) is 4.88. The molecule has 4 aromatic rings. The second-order valence-corrected chi connectivity index (χ2v) is 10.9. The average Bonchev–Trinajstić information content (AvgIpc) is 3.49. The van der Waals surface area contributed by atoms with Gasteiger partial charge in [0.25, 0.3) is 0 Å². The van der Waals surface area contributed by atoms with Crippen LogP contribution in [0.5, 0.6) is 0 Å². The normalized spacial score (nSPS) is 19.2. The van der Waals surface area contributed by atoms with Gasteiger partial charge in [-0.2, -0.15) is 9.67 Å². The van der Waals surface area contributed by atoms with Crippen molar-refractivity contribution in [3.05, 3.63) is 70.8 Å². The van der Waals surface area contributed by atoms with Gasteiger partial charge in [-0.05, 0) is 111 Å². The summed E-state index contributed by atoms with van der Waals surface area (Å²) in [6.45, 7) is 2.53. The van der Waals surface area contributed by atoms with Crippen molar-refractivity contribution in [3.8, 4) is 17.1 Å². The molecule has 8 nitrogen and oxygen atoms in total. The molecule has 3 heterocycles. The fourth-order valence-corrected chi connectivity index (χ4v) is 6.52. The summed E-state index contributed by atoms with van der Waals surface area (Å²) in [4.78, 5) is 7.19. The molecule has 0 amide bonds. The summed E-state index contributed by atoms with van der Waals surface area (Å²) >= 11 is 0. The van der Waals surface area contributed by atoms with Crippen LogP contribution in [0.3, 0.4) is 0 Å². The van der Waals surface area contributed by atoms with Crippen molar-refractivity contribution in [2.24, 2.45) is 0 Å².